The highest BCUT2D eigenvalue weighted by molar-refractivity contribution is 5.76. The maximum Gasteiger partial charge on any atom is 0.220 e. The van der Waals surface area contributed by atoms with Gasteiger partial charge in [0, 0.05) is 12.5 Å². The van der Waals surface area contributed by atoms with Crippen molar-refractivity contribution in [1.82, 2.24) is 5.32 Å². The fourth-order valence-electron chi connectivity index (χ4n) is 2.78. The van der Waals surface area contributed by atoms with Crippen LogP contribution in [-0.4, -0.2) is 11.9 Å². The summed E-state index contributed by atoms with van der Waals surface area (Å²) in [6, 6.07) is 0.455. The number of hydrogen-bond donors (Lipinski definition) is 1. The largest absolute Gasteiger partial charge is 0.353 e. The van der Waals surface area contributed by atoms with Crippen LogP contribution >= 0.6 is 0 Å². The second-order valence-electron chi connectivity index (χ2n) is 6.74. The molecule has 1 aliphatic rings. The summed E-state index contributed by atoms with van der Waals surface area (Å²) in [5.74, 6) is 0.977. The van der Waals surface area contributed by atoms with E-state index in [1.54, 1.807) is 0 Å². The zero-order valence-electron chi connectivity index (χ0n) is 12.0. The second-order valence-corrected chi connectivity index (χ2v) is 6.74. The van der Waals surface area contributed by atoms with Crippen LogP contribution in [0.5, 0.6) is 0 Å². The molecule has 100 valence electrons. The average molecular weight is 239 g/mol. The molecule has 0 aromatic rings. The molecular formula is C15H29NO. The van der Waals surface area contributed by atoms with Crippen LogP contribution in [0.3, 0.4) is 0 Å². The van der Waals surface area contributed by atoms with Crippen molar-refractivity contribution in [1.29, 1.82) is 0 Å². The van der Waals surface area contributed by atoms with E-state index in [4.69, 9.17) is 0 Å². The normalized spacial score (nSPS) is 24.9. The number of amides is 1. The highest BCUT2D eigenvalue weighted by atomic mass is 16.1. The zero-order chi connectivity index (χ0) is 12.9. The minimum Gasteiger partial charge on any atom is -0.353 e. The standard InChI is InChI=1S/C15H29NO/c1-5-6-8-12-9-7-10-13(12)16-14(17)11-15(2,3)4/h12-13H,5-11H2,1-4H3,(H,16,17). The van der Waals surface area contributed by atoms with E-state index in [1.807, 2.05) is 0 Å². The van der Waals surface area contributed by atoms with E-state index in [-0.39, 0.29) is 11.3 Å². The monoisotopic (exact) mass is 239 g/mol. The molecule has 1 amide bonds. The van der Waals surface area contributed by atoms with E-state index < -0.39 is 0 Å². The number of rotatable bonds is 5. The molecule has 2 heteroatoms. The van der Waals surface area contributed by atoms with Crippen molar-refractivity contribution in [2.24, 2.45) is 11.3 Å². The van der Waals surface area contributed by atoms with Crippen molar-refractivity contribution >= 4 is 5.91 Å². The number of hydrogen-bond acceptors (Lipinski definition) is 1. The first-order valence-corrected chi connectivity index (χ1v) is 7.22. The SMILES string of the molecule is CCCCC1CCCC1NC(=O)CC(C)(C)C. The Kier molecular flexibility index (Phi) is 5.48. The molecule has 1 rings (SSSR count). The van der Waals surface area contributed by atoms with E-state index in [0.29, 0.717) is 12.5 Å². The van der Waals surface area contributed by atoms with Gasteiger partial charge in [-0.05, 0) is 30.6 Å². The Bertz CT molecular complexity index is 242. The molecule has 0 aliphatic heterocycles. The van der Waals surface area contributed by atoms with Crippen LogP contribution in [0.25, 0.3) is 0 Å². The van der Waals surface area contributed by atoms with Gasteiger partial charge in [-0.25, -0.2) is 0 Å². The Labute approximate surface area is 107 Å². The predicted molar refractivity (Wildman–Crippen MR) is 72.9 cm³/mol. The van der Waals surface area contributed by atoms with Gasteiger partial charge >= 0.3 is 0 Å². The van der Waals surface area contributed by atoms with E-state index in [9.17, 15) is 4.79 Å². The van der Waals surface area contributed by atoms with Gasteiger partial charge in [0.1, 0.15) is 0 Å². The summed E-state index contributed by atoms with van der Waals surface area (Å²) in [5.41, 5.74) is 0.0988. The summed E-state index contributed by atoms with van der Waals surface area (Å²) in [5, 5.41) is 3.26. The van der Waals surface area contributed by atoms with Crippen LogP contribution in [-0.2, 0) is 4.79 Å². The third-order valence-corrected chi connectivity index (χ3v) is 3.62. The molecule has 1 N–H and O–H groups in total. The number of unbranched alkanes of at least 4 members (excludes halogenated alkanes) is 1. The lowest BCUT2D eigenvalue weighted by atomic mass is 9.91. The van der Waals surface area contributed by atoms with Crippen LogP contribution in [0, 0.1) is 11.3 Å². The summed E-state index contributed by atoms with van der Waals surface area (Å²) >= 11 is 0. The number of nitrogens with one attached hydrogen (secondary N) is 1. The third-order valence-electron chi connectivity index (χ3n) is 3.62. The molecule has 0 saturated heterocycles. The average Bonchev–Trinajstić information content (AvgIpc) is 2.59. The second kappa shape index (κ2) is 6.42. The van der Waals surface area contributed by atoms with Crippen molar-refractivity contribution < 1.29 is 4.79 Å². The molecule has 1 aliphatic carbocycles. The molecule has 17 heavy (non-hydrogen) atoms. The fraction of sp³-hybridized carbons (Fsp3) is 0.933. The van der Waals surface area contributed by atoms with Crippen molar-refractivity contribution in [2.45, 2.75) is 78.7 Å². The highest BCUT2D eigenvalue weighted by Gasteiger charge is 2.28. The molecular weight excluding hydrogens is 210 g/mol. The van der Waals surface area contributed by atoms with Gasteiger partial charge in [0.25, 0.3) is 0 Å². The Morgan fingerprint density at radius 2 is 2.00 bits per heavy atom. The van der Waals surface area contributed by atoms with Gasteiger partial charge in [-0.15, -0.1) is 0 Å². The molecule has 0 spiro atoms. The van der Waals surface area contributed by atoms with Crippen molar-refractivity contribution in [3.05, 3.63) is 0 Å². The topological polar surface area (TPSA) is 29.1 Å². The summed E-state index contributed by atoms with van der Waals surface area (Å²) in [4.78, 5) is 11.9. The zero-order valence-corrected chi connectivity index (χ0v) is 12.0. The maximum atomic E-state index is 11.9. The Balaban J connectivity index is 2.36. The van der Waals surface area contributed by atoms with Gasteiger partial charge in [0.05, 0.1) is 0 Å². The first-order valence-electron chi connectivity index (χ1n) is 7.22. The van der Waals surface area contributed by atoms with Crippen LogP contribution in [0.1, 0.15) is 72.6 Å². The molecule has 2 atom stereocenters. The van der Waals surface area contributed by atoms with Gasteiger partial charge in [-0.1, -0.05) is 47.0 Å². The maximum absolute atomic E-state index is 11.9. The van der Waals surface area contributed by atoms with Crippen LogP contribution < -0.4 is 5.32 Å². The third kappa shape index (κ3) is 5.56. The smallest absolute Gasteiger partial charge is 0.220 e. The fourth-order valence-corrected chi connectivity index (χ4v) is 2.78. The molecule has 0 aromatic heterocycles. The first kappa shape index (κ1) is 14.5. The van der Waals surface area contributed by atoms with Crippen LogP contribution in [0.15, 0.2) is 0 Å². The van der Waals surface area contributed by atoms with Crippen molar-refractivity contribution in [2.75, 3.05) is 0 Å². The highest BCUT2D eigenvalue weighted by Crippen LogP contribution is 2.30. The molecule has 0 radical (unpaired) electrons. The van der Waals surface area contributed by atoms with Gasteiger partial charge in [0.15, 0.2) is 0 Å². The summed E-state index contributed by atoms with van der Waals surface area (Å²) in [6.07, 6.45) is 8.27. The van der Waals surface area contributed by atoms with E-state index >= 15 is 0 Å². The Morgan fingerprint density at radius 1 is 1.29 bits per heavy atom. The lowest BCUT2D eigenvalue weighted by Crippen LogP contribution is -2.38. The Morgan fingerprint density at radius 3 is 2.59 bits per heavy atom. The van der Waals surface area contributed by atoms with E-state index in [0.717, 1.165) is 5.92 Å². The summed E-state index contributed by atoms with van der Waals surface area (Å²) in [6.45, 7) is 8.60. The number of carbonyl (C=O) groups excluding carboxylic acids is 1. The first-order chi connectivity index (χ1) is 7.92. The lowest BCUT2D eigenvalue weighted by Gasteiger charge is -2.23. The van der Waals surface area contributed by atoms with Crippen molar-refractivity contribution in [3.63, 3.8) is 0 Å². The molecule has 1 saturated carbocycles. The van der Waals surface area contributed by atoms with Gasteiger partial charge in [0.2, 0.25) is 5.91 Å². The van der Waals surface area contributed by atoms with Crippen molar-refractivity contribution in [3.8, 4) is 0 Å². The van der Waals surface area contributed by atoms with Gasteiger partial charge in [-0.3, -0.25) is 4.79 Å². The van der Waals surface area contributed by atoms with Gasteiger partial charge in [-0.2, -0.15) is 0 Å². The van der Waals surface area contributed by atoms with E-state index in [1.165, 1.54) is 38.5 Å². The predicted octanol–water partition coefficient (Wildman–Crippen LogP) is 3.90. The molecule has 0 aromatic carbocycles. The number of carbonyl (C=O) groups is 1. The van der Waals surface area contributed by atoms with Crippen LogP contribution in [0.4, 0.5) is 0 Å². The molecule has 0 heterocycles. The molecule has 2 unspecified atom stereocenters. The summed E-state index contributed by atoms with van der Waals surface area (Å²) < 4.78 is 0. The molecule has 2 nitrogen and oxygen atoms in total. The van der Waals surface area contributed by atoms with Gasteiger partial charge < -0.3 is 5.32 Å². The molecule has 0 bridgehead atoms. The lowest BCUT2D eigenvalue weighted by molar-refractivity contribution is -0.123. The molecule has 1 fully saturated rings. The Hall–Kier alpha value is -0.530. The summed E-state index contributed by atoms with van der Waals surface area (Å²) in [7, 11) is 0. The van der Waals surface area contributed by atoms with Crippen LogP contribution in [0.2, 0.25) is 0 Å². The minimum absolute atomic E-state index is 0.0988. The van der Waals surface area contributed by atoms with E-state index in [2.05, 4.69) is 33.0 Å². The quantitative estimate of drug-likeness (QED) is 0.774. The minimum atomic E-state index is 0.0988.